The molecular weight excluding hydrogens is 314 g/mol. The maximum Gasteiger partial charge on any atom is 0.208 e. The SMILES string of the molecule is OC[C@@H]1O[C@H](n2c(N3CCOCC3)nc3ccccc32)[C@@H](O)[C@@H]1O. The summed E-state index contributed by atoms with van der Waals surface area (Å²) in [6, 6.07) is 7.60. The first-order valence-corrected chi connectivity index (χ1v) is 8.13. The summed E-state index contributed by atoms with van der Waals surface area (Å²) < 4.78 is 12.9. The lowest BCUT2D eigenvalue weighted by atomic mass is 10.1. The van der Waals surface area contributed by atoms with Crippen LogP contribution in [0.3, 0.4) is 0 Å². The Morgan fingerprint density at radius 1 is 1.12 bits per heavy atom. The first kappa shape index (κ1) is 15.8. The van der Waals surface area contributed by atoms with Gasteiger partial charge in [0.1, 0.15) is 18.3 Å². The second-order valence-corrected chi connectivity index (χ2v) is 6.10. The predicted molar refractivity (Wildman–Crippen MR) is 85.8 cm³/mol. The highest BCUT2D eigenvalue weighted by atomic mass is 16.6. The Labute approximate surface area is 138 Å². The van der Waals surface area contributed by atoms with Crippen LogP contribution in [0.1, 0.15) is 6.23 Å². The zero-order chi connectivity index (χ0) is 16.7. The van der Waals surface area contributed by atoms with Crippen LogP contribution in [-0.4, -0.2) is 76.1 Å². The van der Waals surface area contributed by atoms with Crippen molar-refractivity contribution in [2.75, 3.05) is 37.8 Å². The van der Waals surface area contributed by atoms with E-state index < -0.39 is 24.5 Å². The molecule has 2 aliphatic heterocycles. The van der Waals surface area contributed by atoms with Gasteiger partial charge in [-0.1, -0.05) is 12.1 Å². The second kappa shape index (κ2) is 6.30. The average molecular weight is 335 g/mol. The van der Waals surface area contributed by atoms with Crippen LogP contribution in [0.15, 0.2) is 24.3 Å². The number of fused-ring (bicyclic) bond motifs is 1. The Kier molecular flexibility index (Phi) is 4.15. The summed E-state index contributed by atoms with van der Waals surface area (Å²) in [5.41, 5.74) is 1.60. The molecule has 4 atom stereocenters. The first-order chi connectivity index (χ1) is 11.7. The quantitative estimate of drug-likeness (QED) is 0.694. The Morgan fingerprint density at radius 2 is 1.88 bits per heavy atom. The van der Waals surface area contributed by atoms with Crippen molar-refractivity contribution in [2.24, 2.45) is 0 Å². The molecule has 0 unspecified atom stereocenters. The number of imidazole rings is 1. The average Bonchev–Trinajstić information content (AvgIpc) is 3.14. The van der Waals surface area contributed by atoms with E-state index >= 15 is 0 Å². The number of hydrogen-bond donors (Lipinski definition) is 3. The van der Waals surface area contributed by atoms with Crippen LogP contribution in [-0.2, 0) is 9.47 Å². The zero-order valence-corrected chi connectivity index (χ0v) is 13.2. The number of morpholine rings is 1. The Bertz CT molecular complexity index is 715. The topological polar surface area (TPSA) is 100 Å². The molecule has 2 saturated heterocycles. The number of para-hydroxylation sites is 2. The molecule has 0 aliphatic carbocycles. The molecule has 0 spiro atoms. The van der Waals surface area contributed by atoms with Crippen LogP contribution >= 0.6 is 0 Å². The summed E-state index contributed by atoms with van der Waals surface area (Å²) in [6.45, 7) is 2.25. The number of aliphatic hydroxyl groups excluding tert-OH is 3. The van der Waals surface area contributed by atoms with E-state index in [0.717, 1.165) is 11.0 Å². The van der Waals surface area contributed by atoms with Gasteiger partial charge in [0.2, 0.25) is 5.95 Å². The largest absolute Gasteiger partial charge is 0.394 e. The van der Waals surface area contributed by atoms with Crippen LogP contribution in [0, 0.1) is 0 Å². The summed E-state index contributed by atoms with van der Waals surface area (Å²) in [6.07, 6.45) is -3.90. The fourth-order valence-electron chi connectivity index (χ4n) is 3.36. The molecule has 1 aromatic heterocycles. The molecule has 0 amide bonds. The van der Waals surface area contributed by atoms with Crippen molar-refractivity contribution in [1.82, 2.24) is 9.55 Å². The lowest BCUT2D eigenvalue weighted by Crippen LogP contribution is -2.39. The Balaban J connectivity index is 1.80. The number of benzene rings is 1. The highest BCUT2D eigenvalue weighted by molar-refractivity contribution is 5.79. The number of aromatic nitrogens is 2. The van der Waals surface area contributed by atoms with E-state index in [4.69, 9.17) is 9.47 Å². The van der Waals surface area contributed by atoms with E-state index in [-0.39, 0.29) is 6.61 Å². The molecule has 0 saturated carbocycles. The van der Waals surface area contributed by atoms with Gasteiger partial charge in [0.05, 0.1) is 30.9 Å². The van der Waals surface area contributed by atoms with E-state index in [1.54, 1.807) is 0 Å². The van der Waals surface area contributed by atoms with E-state index in [2.05, 4.69) is 9.88 Å². The molecule has 2 fully saturated rings. The normalized spacial score (nSPS) is 31.0. The van der Waals surface area contributed by atoms with Crippen LogP contribution in [0.2, 0.25) is 0 Å². The van der Waals surface area contributed by atoms with E-state index in [1.165, 1.54) is 0 Å². The van der Waals surface area contributed by atoms with Gasteiger partial charge in [-0.15, -0.1) is 0 Å². The standard InChI is InChI=1S/C16H21N3O5/c20-9-12-13(21)14(22)15(24-12)19-11-4-2-1-3-10(11)17-16(19)18-5-7-23-8-6-18/h1-4,12-15,20-22H,5-9H2/t12-,13+,14-,15-/m0/s1. The summed E-state index contributed by atoms with van der Waals surface area (Å²) in [5.74, 6) is 0.675. The van der Waals surface area contributed by atoms with Crippen molar-refractivity contribution in [3.05, 3.63) is 24.3 Å². The highest BCUT2D eigenvalue weighted by Gasteiger charge is 2.45. The van der Waals surface area contributed by atoms with Crippen LogP contribution in [0.5, 0.6) is 0 Å². The van der Waals surface area contributed by atoms with Crippen molar-refractivity contribution >= 4 is 17.0 Å². The molecule has 2 aromatic rings. The fraction of sp³-hybridized carbons (Fsp3) is 0.562. The van der Waals surface area contributed by atoms with Gasteiger partial charge in [-0.3, -0.25) is 4.57 Å². The maximum absolute atomic E-state index is 10.4. The molecule has 3 heterocycles. The van der Waals surface area contributed by atoms with Gasteiger partial charge in [0.15, 0.2) is 6.23 Å². The molecule has 2 aliphatic rings. The number of nitrogens with zero attached hydrogens (tertiary/aromatic N) is 3. The number of anilines is 1. The lowest BCUT2D eigenvalue weighted by molar-refractivity contribution is -0.0504. The van der Waals surface area contributed by atoms with Gasteiger partial charge in [-0.25, -0.2) is 4.98 Å². The molecule has 130 valence electrons. The van der Waals surface area contributed by atoms with E-state index in [9.17, 15) is 15.3 Å². The minimum Gasteiger partial charge on any atom is -0.394 e. The van der Waals surface area contributed by atoms with Gasteiger partial charge < -0.3 is 29.7 Å². The van der Waals surface area contributed by atoms with Crippen LogP contribution < -0.4 is 4.90 Å². The van der Waals surface area contributed by atoms with Gasteiger partial charge in [-0.05, 0) is 12.1 Å². The number of rotatable bonds is 3. The molecule has 8 nitrogen and oxygen atoms in total. The van der Waals surface area contributed by atoms with Gasteiger partial charge in [0, 0.05) is 13.1 Å². The third kappa shape index (κ3) is 2.47. The number of ether oxygens (including phenoxy) is 2. The fourth-order valence-corrected chi connectivity index (χ4v) is 3.36. The highest BCUT2D eigenvalue weighted by Crippen LogP contribution is 2.36. The van der Waals surface area contributed by atoms with Crippen LogP contribution in [0.4, 0.5) is 5.95 Å². The van der Waals surface area contributed by atoms with Gasteiger partial charge >= 0.3 is 0 Å². The molecule has 3 N–H and O–H groups in total. The van der Waals surface area contributed by atoms with Crippen molar-refractivity contribution in [3.8, 4) is 0 Å². The molecular formula is C16H21N3O5. The van der Waals surface area contributed by atoms with Crippen LogP contribution in [0.25, 0.3) is 11.0 Å². The lowest BCUT2D eigenvalue weighted by Gasteiger charge is -2.30. The number of hydrogen-bond acceptors (Lipinski definition) is 7. The van der Waals surface area contributed by atoms with Crippen molar-refractivity contribution in [2.45, 2.75) is 24.5 Å². The molecule has 0 bridgehead atoms. The third-order valence-corrected chi connectivity index (χ3v) is 4.64. The number of aliphatic hydroxyl groups is 3. The summed E-state index contributed by atoms with van der Waals surface area (Å²) >= 11 is 0. The summed E-state index contributed by atoms with van der Waals surface area (Å²) in [5, 5.41) is 29.9. The Morgan fingerprint density at radius 3 is 2.58 bits per heavy atom. The molecule has 0 radical (unpaired) electrons. The van der Waals surface area contributed by atoms with Gasteiger partial charge in [0.25, 0.3) is 0 Å². The van der Waals surface area contributed by atoms with Crippen molar-refractivity contribution in [3.63, 3.8) is 0 Å². The smallest absolute Gasteiger partial charge is 0.208 e. The summed E-state index contributed by atoms with van der Waals surface area (Å²) in [4.78, 5) is 6.77. The zero-order valence-electron chi connectivity index (χ0n) is 13.2. The van der Waals surface area contributed by atoms with E-state index in [1.807, 2.05) is 28.8 Å². The predicted octanol–water partition coefficient (Wildman–Crippen LogP) is -0.516. The van der Waals surface area contributed by atoms with E-state index in [0.29, 0.717) is 32.3 Å². The first-order valence-electron chi connectivity index (χ1n) is 8.13. The monoisotopic (exact) mass is 335 g/mol. The summed E-state index contributed by atoms with van der Waals surface area (Å²) in [7, 11) is 0. The molecule has 8 heteroatoms. The van der Waals surface area contributed by atoms with Gasteiger partial charge in [-0.2, -0.15) is 0 Å². The molecule has 4 rings (SSSR count). The molecule has 24 heavy (non-hydrogen) atoms. The Hall–Kier alpha value is -1.71. The maximum atomic E-state index is 10.4. The third-order valence-electron chi connectivity index (χ3n) is 4.64. The second-order valence-electron chi connectivity index (χ2n) is 6.10. The van der Waals surface area contributed by atoms with Crippen molar-refractivity contribution < 1.29 is 24.8 Å². The minimum atomic E-state index is -1.14. The molecule has 1 aromatic carbocycles. The minimum absolute atomic E-state index is 0.353. The van der Waals surface area contributed by atoms with Crippen molar-refractivity contribution in [1.29, 1.82) is 0 Å².